The molecular weight excluding hydrogens is 452 g/mol. The topological polar surface area (TPSA) is 57.9 Å². The molecule has 2 aromatic carbocycles. The van der Waals surface area contributed by atoms with Gasteiger partial charge in [0.25, 0.3) is 11.5 Å². The highest BCUT2D eigenvalue weighted by molar-refractivity contribution is 9.10. The highest BCUT2D eigenvalue weighted by Gasteiger charge is 2.32. The standard InChI is InChI=1S/C21H17BrN4O2S/c1-12-3-8-16-15(9-12)17(19(27)24(16)2)18-20(28)26-11-25(10-23-21(26)29-18)14-6-4-13(22)5-7-14/h3-9H,10-11H2,1-2H3/b18-17-. The number of carbonyl (C=O) groups is 1. The molecule has 29 heavy (non-hydrogen) atoms. The number of hydrogen-bond donors (Lipinski definition) is 0. The monoisotopic (exact) mass is 468 g/mol. The number of likely N-dealkylation sites (N-methyl/N-ethyl adjacent to an activating group) is 1. The number of anilines is 2. The van der Waals surface area contributed by atoms with Crippen molar-refractivity contribution >= 4 is 50.1 Å². The highest BCUT2D eigenvalue weighted by Crippen LogP contribution is 2.34. The molecule has 146 valence electrons. The molecule has 0 saturated carbocycles. The Bertz CT molecular complexity index is 1340. The summed E-state index contributed by atoms with van der Waals surface area (Å²) >= 11 is 4.74. The molecule has 3 heterocycles. The van der Waals surface area contributed by atoms with E-state index in [1.54, 1.807) is 16.5 Å². The fourth-order valence-electron chi connectivity index (χ4n) is 3.73. The molecule has 5 rings (SSSR count). The normalized spacial score (nSPS) is 17.3. The number of nitrogens with zero attached hydrogens (tertiary/aromatic N) is 4. The number of thiazole rings is 1. The number of aromatic nitrogens is 1. The van der Waals surface area contributed by atoms with Crippen LogP contribution < -0.4 is 24.7 Å². The third kappa shape index (κ3) is 2.86. The Labute approximate surface area is 179 Å². The number of carbonyl (C=O) groups excluding carboxylic acids is 1. The van der Waals surface area contributed by atoms with Crippen LogP contribution in [-0.4, -0.2) is 24.2 Å². The van der Waals surface area contributed by atoms with Crippen molar-refractivity contribution in [1.82, 2.24) is 4.57 Å². The Morgan fingerprint density at radius 1 is 1.10 bits per heavy atom. The number of amides is 1. The number of hydrogen-bond acceptors (Lipinski definition) is 5. The third-order valence-corrected chi connectivity index (χ3v) is 6.92. The van der Waals surface area contributed by atoms with Crippen LogP contribution in [-0.2, 0) is 11.5 Å². The zero-order valence-corrected chi connectivity index (χ0v) is 18.2. The Balaban J connectivity index is 1.67. The van der Waals surface area contributed by atoms with Crippen molar-refractivity contribution in [3.63, 3.8) is 0 Å². The van der Waals surface area contributed by atoms with E-state index in [0.717, 1.165) is 27.0 Å². The van der Waals surface area contributed by atoms with Crippen LogP contribution in [0.3, 0.4) is 0 Å². The van der Waals surface area contributed by atoms with E-state index in [-0.39, 0.29) is 11.5 Å². The van der Waals surface area contributed by atoms with Crippen LogP contribution in [0, 0.1) is 6.92 Å². The molecule has 0 saturated heterocycles. The summed E-state index contributed by atoms with van der Waals surface area (Å²) in [6, 6.07) is 13.8. The molecule has 3 aromatic rings. The van der Waals surface area contributed by atoms with Gasteiger partial charge < -0.3 is 9.80 Å². The molecule has 6 nitrogen and oxygen atoms in total. The van der Waals surface area contributed by atoms with Crippen molar-refractivity contribution in [3.8, 4) is 0 Å². The second kappa shape index (κ2) is 6.67. The maximum atomic E-state index is 13.3. The van der Waals surface area contributed by atoms with Gasteiger partial charge >= 0.3 is 0 Å². The number of rotatable bonds is 1. The van der Waals surface area contributed by atoms with Crippen LogP contribution in [0.4, 0.5) is 11.4 Å². The lowest BCUT2D eigenvalue weighted by atomic mass is 10.1. The first kappa shape index (κ1) is 18.3. The molecule has 1 amide bonds. The predicted octanol–water partition coefficient (Wildman–Crippen LogP) is 2.21. The quantitative estimate of drug-likeness (QED) is 0.550. The van der Waals surface area contributed by atoms with Gasteiger partial charge in [0, 0.05) is 22.8 Å². The number of aryl methyl sites for hydroxylation is 1. The van der Waals surface area contributed by atoms with Crippen molar-refractivity contribution in [1.29, 1.82) is 0 Å². The summed E-state index contributed by atoms with van der Waals surface area (Å²) in [6.45, 7) is 2.87. The van der Waals surface area contributed by atoms with Crippen molar-refractivity contribution in [2.24, 2.45) is 4.99 Å². The average Bonchev–Trinajstić information content (AvgIpc) is 3.16. The van der Waals surface area contributed by atoms with Gasteiger partial charge in [0.1, 0.15) is 17.9 Å². The van der Waals surface area contributed by atoms with E-state index in [1.807, 2.05) is 54.3 Å². The second-order valence-corrected chi connectivity index (χ2v) is 9.06. The van der Waals surface area contributed by atoms with Gasteiger partial charge in [-0.3, -0.25) is 14.2 Å². The van der Waals surface area contributed by atoms with Crippen LogP contribution in [0.15, 0.2) is 56.7 Å². The maximum absolute atomic E-state index is 13.3. The minimum atomic E-state index is -0.165. The average molecular weight is 469 g/mol. The van der Waals surface area contributed by atoms with Gasteiger partial charge in [0.2, 0.25) is 0 Å². The van der Waals surface area contributed by atoms with Gasteiger partial charge in [-0.15, -0.1) is 0 Å². The van der Waals surface area contributed by atoms with Gasteiger partial charge in [-0.25, -0.2) is 4.99 Å². The van der Waals surface area contributed by atoms with Gasteiger partial charge in [-0.2, -0.15) is 0 Å². The molecule has 0 N–H and O–H groups in total. The summed E-state index contributed by atoms with van der Waals surface area (Å²) in [6.07, 6.45) is 0. The summed E-state index contributed by atoms with van der Waals surface area (Å²) in [5.74, 6) is -0.147. The number of benzene rings is 2. The fraction of sp³-hybridized carbons (Fsp3) is 0.190. The van der Waals surface area contributed by atoms with Gasteiger partial charge in [0.05, 0.1) is 11.3 Å². The van der Waals surface area contributed by atoms with E-state index in [0.29, 0.717) is 28.2 Å². The minimum absolute atomic E-state index is 0.147. The first-order chi connectivity index (χ1) is 13.9. The fourth-order valence-corrected chi connectivity index (χ4v) is 5.05. The highest BCUT2D eigenvalue weighted by atomic mass is 79.9. The van der Waals surface area contributed by atoms with Gasteiger partial charge in [0.15, 0.2) is 4.80 Å². The summed E-state index contributed by atoms with van der Waals surface area (Å²) in [5, 5.41) is 0. The van der Waals surface area contributed by atoms with Crippen molar-refractivity contribution in [3.05, 3.63) is 77.8 Å². The van der Waals surface area contributed by atoms with Crippen molar-refractivity contribution in [2.45, 2.75) is 13.6 Å². The Morgan fingerprint density at radius 3 is 2.62 bits per heavy atom. The Hall–Kier alpha value is -2.71. The predicted molar refractivity (Wildman–Crippen MR) is 118 cm³/mol. The first-order valence-electron chi connectivity index (χ1n) is 9.12. The molecule has 0 aliphatic carbocycles. The van der Waals surface area contributed by atoms with E-state index in [1.165, 1.54) is 11.3 Å². The van der Waals surface area contributed by atoms with Gasteiger partial charge in [-0.1, -0.05) is 38.9 Å². The van der Waals surface area contributed by atoms with Gasteiger partial charge in [-0.05, 0) is 43.3 Å². The molecule has 2 aliphatic heterocycles. The van der Waals surface area contributed by atoms with Crippen LogP contribution >= 0.6 is 27.3 Å². The smallest absolute Gasteiger partial charge is 0.272 e. The van der Waals surface area contributed by atoms with E-state index in [4.69, 9.17) is 0 Å². The maximum Gasteiger partial charge on any atom is 0.272 e. The van der Waals surface area contributed by atoms with E-state index >= 15 is 0 Å². The van der Waals surface area contributed by atoms with E-state index < -0.39 is 0 Å². The molecule has 0 bridgehead atoms. The minimum Gasteiger partial charge on any atom is -0.334 e. The molecule has 0 fully saturated rings. The molecular formula is C21H17BrN4O2S. The van der Waals surface area contributed by atoms with Crippen LogP contribution in [0.5, 0.6) is 0 Å². The van der Waals surface area contributed by atoms with Crippen molar-refractivity contribution in [2.75, 3.05) is 23.5 Å². The lowest BCUT2D eigenvalue weighted by Gasteiger charge is -2.25. The largest absolute Gasteiger partial charge is 0.334 e. The second-order valence-electron chi connectivity index (χ2n) is 7.16. The van der Waals surface area contributed by atoms with Crippen LogP contribution in [0.2, 0.25) is 0 Å². The summed E-state index contributed by atoms with van der Waals surface area (Å²) < 4.78 is 3.11. The first-order valence-corrected chi connectivity index (χ1v) is 10.7. The van der Waals surface area contributed by atoms with E-state index in [2.05, 4.69) is 20.9 Å². The zero-order valence-electron chi connectivity index (χ0n) is 15.8. The lowest BCUT2D eigenvalue weighted by Crippen LogP contribution is -2.43. The number of fused-ring (bicyclic) bond motifs is 2. The van der Waals surface area contributed by atoms with Crippen LogP contribution in [0.1, 0.15) is 11.1 Å². The zero-order chi connectivity index (χ0) is 20.3. The molecule has 2 aliphatic rings. The molecule has 8 heteroatoms. The molecule has 1 aromatic heterocycles. The number of halogens is 1. The molecule has 0 atom stereocenters. The summed E-state index contributed by atoms with van der Waals surface area (Å²) in [7, 11) is 1.74. The van der Waals surface area contributed by atoms with Crippen molar-refractivity contribution < 1.29 is 4.79 Å². The summed E-state index contributed by atoms with van der Waals surface area (Å²) in [4.78, 5) is 35.1. The third-order valence-electron chi connectivity index (χ3n) is 5.27. The lowest BCUT2D eigenvalue weighted by molar-refractivity contribution is -0.112. The molecule has 0 unspecified atom stereocenters. The SMILES string of the molecule is Cc1ccc2c(c1)/C(=c1/sc3n(c1=O)CN(c1ccc(Br)cc1)CN=3)C(=O)N2C. The molecule has 0 spiro atoms. The Kier molecular flexibility index (Phi) is 4.22. The summed E-state index contributed by atoms with van der Waals surface area (Å²) in [5.41, 5.74) is 4.01. The van der Waals surface area contributed by atoms with Crippen LogP contribution in [0.25, 0.3) is 5.57 Å². The Morgan fingerprint density at radius 2 is 1.86 bits per heavy atom. The molecule has 0 radical (unpaired) electrons. The van der Waals surface area contributed by atoms with E-state index in [9.17, 15) is 9.59 Å².